The van der Waals surface area contributed by atoms with E-state index in [1.165, 1.54) is 0 Å². The van der Waals surface area contributed by atoms with E-state index >= 15 is 0 Å². The van der Waals surface area contributed by atoms with E-state index < -0.39 is 5.97 Å². The van der Waals surface area contributed by atoms with Crippen LogP contribution in [0.15, 0.2) is 23.1 Å². The van der Waals surface area contributed by atoms with Crippen LogP contribution in [-0.2, 0) is 0 Å². The third-order valence-corrected chi connectivity index (χ3v) is 3.69. The van der Waals surface area contributed by atoms with Crippen LogP contribution in [0.1, 0.15) is 22.3 Å². The molecule has 0 amide bonds. The lowest BCUT2D eigenvalue weighted by Crippen LogP contribution is -2.13. The first-order valence-electron chi connectivity index (χ1n) is 5.62. The van der Waals surface area contributed by atoms with Crippen molar-refractivity contribution < 1.29 is 9.90 Å². The van der Waals surface area contributed by atoms with Crippen molar-refractivity contribution in [3.05, 3.63) is 29.3 Å². The number of aromatic carboxylic acids is 1. The number of carboxylic acid groups (broad SMARTS) is 1. The van der Waals surface area contributed by atoms with Crippen LogP contribution in [0, 0.1) is 6.92 Å². The summed E-state index contributed by atoms with van der Waals surface area (Å²) >= 11 is 1.73. The quantitative estimate of drug-likeness (QED) is 0.625. The van der Waals surface area contributed by atoms with Gasteiger partial charge in [-0.15, -0.1) is 11.8 Å². The Bertz CT molecular complexity index is 391. The van der Waals surface area contributed by atoms with E-state index in [0.29, 0.717) is 5.56 Å². The zero-order valence-corrected chi connectivity index (χ0v) is 11.4. The Morgan fingerprint density at radius 3 is 2.71 bits per heavy atom. The molecular weight excluding hydrogens is 234 g/mol. The molecule has 0 saturated heterocycles. The van der Waals surface area contributed by atoms with Crippen molar-refractivity contribution in [1.29, 1.82) is 0 Å². The number of rotatable bonds is 6. The van der Waals surface area contributed by atoms with Crippen molar-refractivity contribution >= 4 is 17.7 Å². The summed E-state index contributed by atoms with van der Waals surface area (Å²) in [5.41, 5.74) is 1.51. The van der Waals surface area contributed by atoms with Crippen LogP contribution in [0.25, 0.3) is 0 Å². The summed E-state index contributed by atoms with van der Waals surface area (Å²) in [5.74, 6) is 0.155. The third-order valence-electron chi connectivity index (χ3n) is 2.44. The van der Waals surface area contributed by atoms with Crippen molar-refractivity contribution in [3.63, 3.8) is 0 Å². The first kappa shape index (κ1) is 14.1. The van der Waals surface area contributed by atoms with Crippen molar-refractivity contribution in [2.75, 3.05) is 26.4 Å². The number of carboxylic acids is 1. The molecule has 0 heterocycles. The van der Waals surface area contributed by atoms with E-state index in [9.17, 15) is 4.79 Å². The van der Waals surface area contributed by atoms with Crippen molar-refractivity contribution in [3.8, 4) is 0 Å². The van der Waals surface area contributed by atoms with Gasteiger partial charge in [-0.25, -0.2) is 4.79 Å². The first-order chi connectivity index (χ1) is 8.00. The van der Waals surface area contributed by atoms with Gasteiger partial charge in [-0.2, -0.15) is 0 Å². The van der Waals surface area contributed by atoms with Gasteiger partial charge in [0, 0.05) is 4.90 Å². The van der Waals surface area contributed by atoms with E-state index in [1.54, 1.807) is 23.9 Å². The lowest BCUT2D eigenvalue weighted by atomic mass is 10.1. The highest BCUT2D eigenvalue weighted by Gasteiger charge is 2.06. The summed E-state index contributed by atoms with van der Waals surface area (Å²) in [6.45, 7) is 3.07. The number of hydrogen-bond acceptors (Lipinski definition) is 3. The molecule has 4 heteroatoms. The Balaban J connectivity index is 2.57. The molecule has 1 aromatic carbocycles. The predicted molar refractivity (Wildman–Crippen MR) is 72.0 cm³/mol. The van der Waals surface area contributed by atoms with Crippen molar-refractivity contribution in [1.82, 2.24) is 4.90 Å². The highest BCUT2D eigenvalue weighted by molar-refractivity contribution is 7.99. The largest absolute Gasteiger partial charge is 0.478 e. The fourth-order valence-corrected chi connectivity index (χ4v) is 2.45. The molecule has 94 valence electrons. The minimum Gasteiger partial charge on any atom is -0.478 e. The first-order valence-corrected chi connectivity index (χ1v) is 6.60. The highest BCUT2D eigenvalue weighted by Crippen LogP contribution is 2.24. The second-order valence-corrected chi connectivity index (χ2v) is 5.43. The Labute approximate surface area is 107 Å². The second-order valence-electron chi connectivity index (χ2n) is 4.29. The van der Waals surface area contributed by atoms with Crippen LogP contribution in [0.5, 0.6) is 0 Å². The highest BCUT2D eigenvalue weighted by atomic mass is 32.2. The fraction of sp³-hybridized carbons (Fsp3) is 0.462. The molecule has 0 unspecified atom stereocenters. The Hall–Kier alpha value is -1.00. The van der Waals surface area contributed by atoms with Gasteiger partial charge in [0.15, 0.2) is 0 Å². The van der Waals surface area contributed by atoms with Crippen LogP contribution in [0.2, 0.25) is 0 Å². The number of aryl methyl sites for hydroxylation is 1. The minimum atomic E-state index is -0.861. The third kappa shape index (κ3) is 4.79. The van der Waals surface area contributed by atoms with Crippen LogP contribution in [-0.4, -0.2) is 42.4 Å². The van der Waals surface area contributed by atoms with Gasteiger partial charge < -0.3 is 10.0 Å². The van der Waals surface area contributed by atoms with Crippen molar-refractivity contribution in [2.24, 2.45) is 0 Å². The average molecular weight is 253 g/mol. The molecule has 1 rings (SSSR count). The zero-order chi connectivity index (χ0) is 12.8. The molecule has 0 radical (unpaired) electrons. The summed E-state index contributed by atoms with van der Waals surface area (Å²) in [5, 5.41) is 8.93. The van der Waals surface area contributed by atoms with Gasteiger partial charge in [-0.1, -0.05) is 6.07 Å². The maximum absolute atomic E-state index is 10.9. The molecular formula is C13H19NO2S. The summed E-state index contributed by atoms with van der Waals surface area (Å²) in [6.07, 6.45) is 1.11. The van der Waals surface area contributed by atoms with Gasteiger partial charge >= 0.3 is 5.97 Å². The predicted octanol–water partition coefficient (Wildman–Crippen LogP) is 2.74. The zero-order valence-electron chi connectivity index (χ0n) is 10.6. The summed E-state index contributed by atoms with van der Waals surface area (Å²) in [7, 11) is 4.11. The van der Waals surface area contributed by atoms with E-state index in [4.69, 9.17) is 5.11 Å². The van der Waals surface area contributed by atoms with E-state index in [2.05, 4.69) is 19.0 Å². The maximum atomic E-state index is 10.9. The normalized spacial score (nSPS) is 10.8. The Kier molecular flexibility index (Phi) is 5.51. The molecule has 0 fully saturated rings. The fourth-order valence-electron chi connectivity index (χ4n) is 1.45. The van der Waals surface area contributed by atoms with Gasteiger partial charge in [0.1, 0.15) is 0 Å². The number of hydrogen-bond donors (Lipinski definition) is 1. The summed E-state index contributed by atoms with van der Waals surface area (Å²) in [6, 6.07) is 5.29. The lowest BCUT2D eigenvalue weighted by molar-refractivity contribution is 0.0696. The molecule has 0 aliphatic rings. The Morgan fingerprint density at radius 1 is 1.41 bits per heavy atom. The number of nitrogens with zero attached hydrogens (tertiary/aromatic N) is 1. The standard InChI is InChI=1S/C13H19NO2S/c1-10-5-6-11(13(15)16)9-12(10)17-8-4-7-14(2)3/h5-6,9H,4,7-8H2,1-3H3,(H,15,16). The second kappa shape index (κ2) is 6.67. The van der Waals surface area contributed by atoms with Gasteiger partial charge in [-0.3, -0.25) is 0 Å². The molecule has 0 aromatic heterocycles. The molecule has 1 N–H and O–H groups in total. The van der Waals surface area contributed by atoms with Crippen LogP contribution in [0.4, 0.5) is 0 Å². The molecule has 0 saturated carbocycles. The molecule has 1 aromatic rings. The molecule has 0 aliphatic carbocycles. The van der Waals surface area contributed by atoms with Crippen LogP contribution in [0.3, 0.4) is 0 Å². The average Bonchev–Trinajstić information content (AvgIpc) is 2.25. The van der Waals surface area contributed by atoms with Crippen LogP contribution < -0.4 is 0 Å². The molecule has 3 nitrogen and oxygen atoms in total. The Morgan fingerprint density at radius 2 is 2.12 bits per heavy atom. The van der Waals surface area contributed by atoms with Crippen LogP contribution >= 0.6 is 11.8 Å². The van der Waals surface area contributed by atoms with E-state index in [0.717, 1.165) is 29.2 Å². The number of thioether (sulfide) groups is 1. The monoisotopic (exact) mass is 253 g/mol. The van der Waals surface area contributed by atoms with Gasteiger partial charge in [-0.05, 0) is 57.4 Å². The molecule has 0 bridgehead atoms. The molecule has 0 atom stereocenters. The molecule has 17 heavy (non-hydrogen) atoms. The summed E-state index contributed by atoms with van der Waals surface area (Å²) in [4.78, 5) is 14.1. The van der Waals surface area contributed by atoms with Gasteiger partial charge in [0.05, 0.1) is 5.56 Å². The molecule has 0 spiro atoms. The topological polar surface area (TPSA) is 40.5 Å². The minimum absolute atomic E-state index is 0.366. The van der Waals surface area contributed by atoms with Crippen molar-refractivity contribution in [2.45, 2.75) is 18.2 Å². The molecule has 0 aliphatic heterocycles. The lowest BCUT2D eigenvalue weighted by Gasteiger charge is -2.10. The SMILES string of the molecule is Cc1ccc(C(=O)O)cc1SCCCN(C)C. The number of carbonyl (C=O) groups is 1. The maximum Gasteiger partial charge on any atom is 0.335 e. The van der Waals surface area contributed by atoms with Gasteiger partial charge in [0.2, 0.25) is 0 Å². The summed E-state index contributed by atoms with van der Waals surface area (Å²) < 4.78 is 0. The smallest absolute Gasteiger partial charge is 0.335 e. The van der Waals surface area contributed by atoms with Gasteiger partial charge in [0.25, 0.3) is 0 Å². The van der Waals surface area contributed by atoms with E-state index in [-0.39, 0.29) is 0 Å². The number of benzene rings is 1. The van der Waals surface area contributed by atoms with E-state index in [1.807, 2.05) is 13.0 Å².